The van der Waals surface area contributed by atoms with Crippen LogP contribution in [-0.2, 0) is 16.1 Å². The predicted octanol–water partition coefficient (Wildman–Crippen LogP) is 3.61. The van der Waals surface area contributed by atoms with Crippen molar-refractivity contribution in [3.8, 4) is 0 Å². The lowest BCUT2D eigenvalue weighted by Crippen LogP contribution is -2.51. The molecule has 28 heavy (non-hydrogen) atoms. The maximum atomic E-state index is 13.4. The topological polar surface area (TPSA) is 52.7 Å². The summed E-state index contributed by atoms with van der Waals surface area (Å²) >= 11 is 18.0. The minimum Gasteiger partial charge on any atom is -0.354 e. The fraction of sp³-hybridized carbons (Fsp3) is 0.150. The number of nitrogens with one attached hydrogen (secondary N) is 1. The number of thiocarbonyl (C=S) groups is 1. The van der Waals surface area contributed by atoms with E-state index in [0.717, 1.165) is 16.8 Å². The molecular weight excluding hydrogens is 417 g/mol. The van der Waals surface area contributed by atoms with Crippen molar-refractivity contribution >= 4 is 58.0 Å². The summed E-state index contributed by atoms with van der Waals surface area (Å²) in [7, 11) is 0. The lowest BCUT2D eigenvalue weighted by atomic mass is 9.90. The summed E-state index contributed by atoms with van der Waals surface area (Å²) in [5.41, 5.74) is 2.91. The first-order chi connectivity index (χ1) is 13.5. The van der Waals surface area contributed by atoms with Crippen molar-refractivity contribution in [1.29, 1.82) is 0 Å². The van der Waals surface area contributed by atoms with E-state index >= 15 is 0 Å². The largest absolute Gasteiger partial charge is 0.354 e. The third-order valence-corrected chi connectivity index (χ3v) is 6.11. The molecule has 3 heterocycles. The number of fused-ring (bicyclic) bond motifs is 4. The Balaban J connectivity index is 1.69. The molecule has 1 fully saturated rings. The Morgan fingerprint density at radius 1 is 1.11 bits per heavy atom. The second-order valence-corrected chi connectivity index (χ2v) is 8.12. The number of carbonyl (C=O) groups is 2. The number of amides is 2. The maximum Gasteiger partial charge on any atom is 0.274 e. The van der Waals surface area contributed by atoms with Crippen LogP contribution in [0.25, 0.3) is 0 Å². The quantitative estimate of drug-likeness (QED) is 0.740. The summed E-state index contributed by atoms with van der Waals surface area (Å²) in [4.78, 5) is 28.9. The molecule has 3 aliphatic rings. The summed E-state index contributed by atoms with van der Waals surface area (Å²) < 4.78 is 0. The molecule has 8 heteroatoms. The van der Waals surface area contributed by atoms with Gasteiger partial charge in [0.2, 0.25) is 0 Å². The van der Waals surface area contributed by atoms with Crippen molar-refractivity contribution in [2.24, 2.45) is 0 Å². The number of anilines is 1. The first kappa shape index (κ1) is 17.7. The zero-order valence-corrected chi connectivity index (χ0v) is 16.7. The molecule has 2 aromatic carbocycles. The zero-order chi connectivity index (χ0) is 19.6. The monoisotopic (exact) mass is 429 g/mol. The standard InChI is InChI=1S/C20H13Cl2N3O2S/c21-11-6-13(22)16-12-8-15-18(26)23-20(28)25(15)19(27)17(12)24(14(16)7-11)9-10-4-2-1-3-5-10/h1-8,12,17H,9H2,(H,23,26,28). The number of rotatable bonds is 2. The van der Waals surface area contributed by atoms with Crippen LogP contribution < -0.4 is 10.2 Å². The Kier molecular flexibility index (Phi) is 3.98. The SMILES string of the molecule is O=C1NC(=S)N2C(=O)C3C(C=C12)c1c(Cl)cc(Cl)cc1N3Cc1ccccc1. The Hall–Kier alpha value is -2.41. The van der Waals surface area contributed by atoms with E-state index in [1.807, 2.05) is 41.3 Å². The van der Waals surface area contributed by atoms with E-state index in [-0.39, 0.29) is 28.5 Å². The average Bonchev–Trinajstić information content (AvgIpc) is 3.11. The van der Waals surface area contributed by atoms with Gasteiger partial charge in [0.1, 0.15) is 11.7 Å². The molecular formula is C20H13Cl2N3O2S. The Labute approximate surface area is 176 Å². The molecule has 2 unspecified atom stereocenters. The van der Waals surface area contributed by atoms with Crippen LogP contribution in [0.5, 0.6) is 0 Å². The highest BCUT2D eigenvalue weighted by Gasteiger charge is 2.52. The summed E-state index contributed by atoms with van der Waals surface area (Å²) in [6.45, 7) is 0.503. The van der Waals surface area contributed by atoms with E-state index < -0.39 is 6.04 Å². The third kappa shape index (κ3) is 2.49. The summed E-state index contributed by atoms with van der Waals surface area (Å²) in [5, 5.41) is 3.63. The first-order valence-electron chi connectivity index (χ1n) is 8.66. The van der Waals surface area contributed by atoms with E-state index in [2.05, 4.69) is 5.32 Å². The third-order valence-electron chi connectivity index (χ3n) is 5.29. The highest BCUT2D eigenvalue weighted by atomic mass is 35.5. The molecule has 5 nitrogen and oxygen atoms in total. The minimum atomic E-state index is -0.555. The van der Waals surface area contributed by atoms with E-state index in [1.54, 1.807) is 12.1 Å². The lowest BCUT2D eigenvalue weighted by Gasteiger charge is -2.34. The fourth-order valence-electron chi connectivity index (χ4n) is 4.16. The highest BCUT2D eigenvalue weighted by Crippen LogP contribution is 2.50. The van der Waals surface area contributed by atoms with Crippen molar-refractivity contribution in [2.45, 2.75) is 18.5 Å². The zero-order valence-electron chi connectivity index (χ0n) is 14.4. The second-order valence-electron chi connectivity index (χ2n) is 6.89. The molecule has 1 saturated heterocycles. The number of hydrogen-bond donors (Lipinski definition) is 1. The van der Waals surface area contributed by atoms with Crippen LogP contribution in [0.15, 0.2) is 54.2 Å². The summed E-state index contributed by atoms with van der Waals surface area (Å²) in [5.74, 6) is -0.969. The number of halogens is 2. The van der Waals surface area contributed by atoms with Crippen molar-refractivity contribution in [1.82, 2.24) is 10.2 Å². The Bertz CT molecular complexity index is 1090. The Morgan fingerprint density at radius 2 is 1.86 bits per heavy atom. The molecule has 2 atom stereocenters. The van der Waals surface area contributed by atoms with Crippen LogP contribution in [0, 0.1) is 0 Å². The number of carbonyl (C=O) groups excluding carboxylic acids is 2. The van der Waals surface area contributed by atoms with E-state index in [0.29, 0.717) is 16.6 Å². The number of nitrogens with zero attached hydrogens (tertiary/aromatic N) is 2. The number of benzene rings is 2. The van der Waals surface area contributed by atoms with Crippen molar-refractivity contribution < 1.29 is 9.59 Å². The van der Waals surface area contributed by atoms with Crippen molar-refractivity contribution in [2.75, 3.05) is 4.90 Å². The van der Waals surface area contributed by atoms with Gasteiger partial charge >= 0.3 is 0 Å². The molecule has 0 bridgehead atoms. The van der Waals surface area contributed by atoms with Gasteiger partial charge in [-0.3, -0.25) is 14.9 Å². The molecule has 2 aromatic rings. The molecule has 5 rings (SSSR count). The molecule has 1 N–H and O–H groups in total. The van der Waals surface area contributed by atoms with Gasteiger partial charge in [-0.05, 0) is 36.0 Å². The van der Waals surface area contributed by atoms with Gasteiger partial charge in [0.15, 0.2) is 5.11 Å². The number of hydrogen-bond acceptors (Lipinski definition) is 4. The molecule has 2 amide bonds. The van der Waals surface area contributed by atoms with E-state index in [1.165, 1.54) is 4.90 Å². The smallest absolute Gasteiger partial charge is 0.274 e. The average molecular weight is 430 g/mol. The normalized spacial score (nSPS) is 22.6. The van der Waals surface area contributed by atoms with Crippen LogP contribution >= 0.6 is 35.4 Å². The first-order valence-corrected chi connectivity index (χ1v) is 9.82. The van der Waals surface area contributed by atoms with Crippen molar-refractivity contribution in [3.05, 3.63) is 75.4 Å². The van der Waals surface area contributed by atoms with E-state index in [4.69, 9.17) is 35.4 Å². The Morgan fingerprint density at radius 3 is 2.61 bits per heavy atom. The molecule has 0 aromatic heterocycles. The minimum absolute atomic E-state index is 0.111. The molecule has 0 aliphatic carbocycles. The highest BCUT2D eigenvalue weighted by molar-refractivity contribution is 7.80. The van der Waals surface area contributed by atoms with Crippen molar-refractivity contribution in [3.63, 3.8) is 0 Å². The van der Waals surface area contributed by atoms with Gasteiger partial charge in [0.25, 0.3) is 11.8 Å². The molecule has 0 radical (unpaired) electrons. The second kappa shape index (κ2) is 6.30. The van der Waals surface area contributed by atoms with Gasteiger partial charge in [-0.2, -0.15) is 0 Å². The van der Waals surface area contributed by atoms with Gasteiger partial charge < -0.3 is 4.90 Å². The van der Waals surface area contributed by atoms with E-state index in [9.17, 15) is 9.59 Å². The van der Waals surface area contributed by atoms with Crippen LogP contribution in [0.1, 0.15) is 17.0 Å². The molecule has 3 aliphatic heterocycles. The van der Waals surface area contributed by atoms with Crippen LogP contribution in [-0.4, -0.2) is 27.9 Å². The van der Waals surface area contributed by atoms with Crippen LogP contribution in [0.4, 0.5) is 5.69 Å². The maximum absolute atomic E-state index is 13.4. The van der Waals surface area contributed by atoms with Gasteiger partial charge in [0, 0.05) is 33.8 Å². The summed E-state index contributed by atoms with van der Waals surface area (Å²) in [6, 6.07) is 12.8. The van der Waals surface area contributed by atoms with Gasteiger partial charge in [0.05, 0.1) is 0 Å². The molecule has 140 valence electrons. The fourth-order valence-corrected chi connectivity index (χ4v) is 5.05. The predicted molar refractivity (Wildman–Crippen MR) is 111 cm³/mol. The lowest BCUT2D eigenvalue weighted by molar-refractivity contribution is -0.129. The van der Waals surface area contributed by atoms with Gasteiger partial charge in [-0.1, -0.05) is 53.5 Å². The molecule has 0 spiro atoms. The van der Waals surface area contributed by atoms with Gasteiger partial charge in [-0.15, -0.1) is 0 Å². The van der Waals surface area contributed by atoms with Gasteiger partial charge in [-0.25, -0.2) is 4.90 Å². The van der Waals surface area contributed by atoms with Crippen LogP contribution in [0.2, 0.25) is 10.0 Å². The summed E-state index contributed by atoms with van der Waals surface area (Å²) in [6.07, 6.45) is 1.78. The van der Waals surface area contributed by atoms with Crippen LogP contribution in [0.3, 0.4) is 0 Å². The molecule has 0 saturated carbocycles.